The molecule has 0 aliphatic carbocycles. The van der Waals surface area contributed by atoms with Gasteiger partial charge in [-0.2, -0.15) is 0 Å². The lowest BCUT2D eigenvalue weighted by molar-refractivity contribution is 0.198. The summed E-state index contributed by atoms with van der Waals surface area (Å²) in [6, 6.07) is 0. The van der Waals surface area contributed by atoms with E-state index >= 15 is 0 Å². The zero-order valence-electron chi connectivity index (χ0n) is 7.46. The predicted molar refractivity (Wildman–Crippen MR) is 60.4 cm³/mol. The highest BCUT2D eigenvalue weighted by Gasteiger charge is 2.04. The lowest BCUT2D eigenvalue weighted by atomic mass is 10.5. The highest BCUT2D eigenvalue weighted by Crippen LogP contribution is 1.87. The summed E-state index contributed by atoms with van der Waals surface area (Å²) in [5, 5.41) is 32.3. The van der Waals surface area contributed by atoms with Crippen LogP contribution in [0.3, 0.4) is 0 Å². The van der Waals surface area contributed by atoms with E-state index in [1.807, 2.05) is 0 Å². The van der Waals surface area contributed by atoms with Crippen molar-refractivity contribution in [2.45, 2.75) is 0 Å². The van der Waals surface area contributed by atoms with Crippen molar-refractivity contribution in [3.05, 3.63) is 0 Å². The monoisotopic (exact) mass is 242 g/mol. The molecule has 6 nitrogen and oxygen atoms in total. The van der Waals surface area contributed by atoms with Crippen molar-refractivity contribution >= 4 is 34.8 Å². The quantitative estimate of drug-likeness (QED) is 0.395. The van der Waals surface area contributed by atoms with Crippen LogP contribution in [0.25, 0.3) is 0 Å². The lowest BCUT2D eigenvalue weighted by Gasteiger charge is -2.18. The molecule has 0 atom stereocenters. The van der Waals surface area contributed by atoms with Gasteiger partial charge in [0.05, 0.1) is 13.2 Å². The van der Waals surface area contributed by atoms with Gasteiger partial charge in [0, 0.05) is 13.1 Å². The Labute approximate surface area is 92.6 Å². The van der Waals surface area contributed by atoms with Gasteiger partial charge < -0.3 is 31.1 Å². The average molecular weight is 242 g/mol. The van der Waals surface area contributed by atoms with Crippen LogP contribution in [0, 0.1) is 0 Å². The number of aliphatic hydroxyl groups is 4. The van der Waals surface area contributed by atoms with Crippen LogP contribution in [0.1, 0.15) is 0 Å². The van der Waals surface area contributed by atoms with E-state index in [2.05, 4.69) is 30.2 Å². The maximum absolute atomic E-state index is 8.71. The molecule has 0 rings (SSSR count). The topological polar surface area (TPSA) is 110 Å². The van der Waals surface area contributed by atoms with Crippen molar-refractivity contribution < 1.29 is 20.4 Å². The van der Waals surface area contributed by atoms with E-state index in [1.54, 1.807) is 0 Å². The molecule has 6 N–H and O–H groups in total. The predicted octanol–water partition coefficient (Wildman–Crippen LogP) is -1.10. The molecule has 8 heteroatoms. The van der Waals surface area contributed by atoms with Crippen LogP contribution in [0.5, 0.6) is 0 Å². The normalized spacial score (nSPS) is 8.43. The Kier molecular flexibility index (Phi) is 11.7. The average Bonchev–Trinajstić information content (AvgIpc) is 2.02. The van der Waals surface area contributed by atoms with Crippen molar-refractivity contribution in [1.82, 2.24) is 4.90 Å². The molecule has 0 heterocycles. The minimum Gasteiger partial charge on any atom is -0.487 e. The standard InChI is InChI=1S/C5H11NO3S.CH3NOS/c7-3-1-6(2-4-8)5(9)10;2-1(3)4/h7-8H,1-4H2,(H,9,10);(H3,2,3,4). The molecule has 0 amide bonds. The van der Waals surface area contributed by atoms with Gasteiger partial charge in [-0.25, -0.2) is 0 Å². The molecule has 0 bridgehead atoms. The van der Waals surface area contributed by atoms with Crippen molar-refractivity contribution in [1.29, 1.82) is 0 Å². The van der Waals surface area contributed by atoms with E-state index in [0.717, 1.165) is 0 Å². The molecule has 0 unspecified atom stereocenters. The Balaban J connectivity index is 0. The van der Waals surface area contributed by atoms with E-state index in [1.165, 1.54) is 4.90 Å². The van der Waals surface area contributed by atoms with Gasteiger partial charge >= 0.3 is 0 Å². The SMILES string of the molecule is NC(O)=S.OCCN(CCO)C(O)=S. The number of thiocarbonyl (C=S) groups is 2. The number of rotatable bonds is 4. The summed E-state index contributed by atoms with van der Waals surface area (Å²) in [5.41, 5.74) is 4.40. The molecule has 0 saturated heterocycles. The second-order valence-electron chi connectivity index (χ2n) is 2.06. The fraction of sp³-hybridized carbons (Fsp3) is 0.667. The first-order valence-corrected chi connectivity index (χ1v) is 4.45. The number of nitrogens with two attached hydrogens (primary N) is 1. The minimum atomic E-state index is -0.500. The van der Waals surface area contributed by atoms with E-state index in [-0.39, 0.29) is 31.5 Å². The molecule has 84 valence electrons. The molecule has 0 aromatic rings. The molecular weight excluding hydrogens is 228 g/mol. The Hall–Kier alpha value is -0.700. The largest absolute Gasteiger partial charge is 0.487 e. The summed E-state index contributed by atoms with van der Waals surface area (Å²) in [6.45, 7) is 0.354. The molecule has 0 saturated carbocycles. The lowest BCUT2D eigenvalue weighted by Crippen LogP contribution is -2.34. The smallest absolute Gasteiger partial charge is 0.256 e. The van der Waals surface area contributed by atoms with Crippen LogP contribution in [0.15, 0.2) is 0 Å². The molecule has 0 aliphatic heterocycles. The van der Waals surface area contributed by atoms with Gasteiger partial charge in [-0.15, -0.1) is 0 Å². The first-order chi connectivity index (χ1) is 6.45. The van der Waals surface area contributed by atoms with Crippen molar-refractivity contribution in [3.63, 3.8) is 0 Å². The third-order valence-corrected chi connectivity index (χ3v) is 1.27. The zero-order chi connectivity index (χ0) is 11.6. The Bertz CT molecular complexity index is 169. The zero-order valence-corrected chi connectivity index (χ0v) is 9.09. The Morgan fingerprint density at radius 2 is 1.36 bits per heavy atom. The molecule has 0 aliphatic rings. The molecule has 0 radical (unpaired) electrons. The van der Waals surface area contributed by atoms with Gasteiger partial charge in [0.2, 0.25) is 0 Å². The van der Waals surface area contributed by atoms with E-state index in [9.17, 15) is 0 Å². The number of nitrogens with zero attached hydrogens (tertiary/aromatic N) is 1. The second kappa shape index (κ2) is 10.4. The van der Waals surface area contributed by atoms with Crippen LogP contribution >= 0.6 is 24.4 Å². The summed E-state index contributed by atoms with van der Waals surface area (Å²) in [5.74, 6) is 0. The second-order valence-corrected chi connectivity index (χ2v) is 2.84. The minimum absolute atomic E-state index is 0.0826. The number of hydrogen-bond acceptors (Lipinski definition) is 4. The molecule has 0 aromatic heterocycles. The van der Waals surface area contributed by atoms with Gasteiger partial charge in [-0.05, 0) is 24.4 Å². The van der Waals surface area contributed by atoms with Gasteiger partial charge in [-0.1, -0.05) is 0 Å². The first-order valence-electron chi connectivity index (χ1n) is 3.63. The van der Waals surface area contributed by atoms with E-state index in [4.69, 9.17) is 20.4 Å². The van der Waals surface area contributed by atoms with Crippen molar-refractivity contribution in [2.75, 3.05) is 26.3 Å². The van der Waals surface area contributed by atoms with Crippen LogP contribution in [0.4, 0.5) is 0 Å². The molecule has 14 heavy (non-hydrogen) atoms. The number of hydrogen-bond donors (Lipinski definition) is 5. The fourth-order valence-electron chi connectivity index (χ4n) is 0.545. The van der Waals surface area contributed by atoms with Crippen LogP contribution in [-0.4, -0.2) is 62.0 Å². The van der Waals surface area contributed by atoms with Gasteiger partial charge in [-0.3, -0.25) is 0 Å². The summed E-state index contributed by atoms with van der Waals surface area (Å²) < 4.78 is 0. The highest BCUT2D eigenvalue weighted by molar-refractivity contribution is 7.80. The molecule has 0 fully saturated rings. The Morgan fingerprint density at radius 1 is 1.07 bits per heavy atom. The van der Waals surface area contributed by atoms with Gasteiger partial charge in [0.15, 0.2) is 0 Å². The summed E-state index contributed by atoms with van der Waals surface area (Å²) in [7, 11) is 0. The third kappa shape index (κ3) is 13.9. The van der Waals surface area contributed by atoms with E-state index < -0.39 is 5.17 Å². The summed E-state index contributed by atoms with van der Waals surface area (Å²) in [6.07, 6.45) is 0. The van der Waals surface area contributed by atoms with Crippen LogP contribution in [0.2, 0.25) is 0 Å². The molecular formula is C6H14N2O4S2. The summed E-state index contributed by atoms with van der Waals surface area (Å²) in [4.78, 5) is 1.31. The highest BCUT2D eigenvalue weighted by atomic mass is 32.1. The van der Waals surface area contributed by atoms with Crippen molar-refractivity contribution in [2.24, 2.45) is 5.73 Å². The van der Waals surface area contributed by atoms with E-state index in [0.29, 0.717) is 0 Å². The third-order valence-electron chi connectivity index (χ3n) is 1.01. The number of aliphatic hydroxyl groups excluding tert-OH is 4. The molecule has 0 aromatic carbocycles. The van der Waals surface area contributed by atoms with Gasteiger partial charge in [0.1, 0.15) is 0 Å². The maximum Gasteiger partial charge on any atom is 0.256 e. The van der Waals surface area contributed by atoms with Crippen LogP contribution < -0.4 is 5.73 Å². The summed E-state index contributed by atoms with van der Waals surface area (Å²) >= 11 is 8.28. The van der Waals surface area contributed by atoms with Crippen molar-refractivity contribution in [3.8, 4) is 0 Å². The van der Waals surface area contributed by atoms with Crippen LogP contribution in [-0.2, 0) is 0 Å². The first kappa shape index (κ1) is 15.8. The fourth-order valence-corrected chi connectivity index (χ4v) is 0.727. The van der Waals surface area contributed by atoms with Gasteiger partial charge in [0.25, 0.3) is 10.3 Å². The Morgan fingerprint density at radius 3 is 1.50 bits per heavy atom. The molecule has 0 spiro atoms. The maximum atomic E-state index is 8.71.